The fourth-order valence-corrected chi connectivity index (χ4v) is 2.99. The Morgan fingerprint density at radius 2 is 2.07 bits per heavy atom. The quantitative estimate of drug-likeness (QED) is 0.599. The first-order valence-corrected chi connectivity index (χ1v) is 8.64. The van der Waals surface area contributed by atoms with Crippen molar-refractivity contribution in [3.63, 3.8) is 0 Å². The number of carbonyl (C=O) groups is 2. The lowest BCUT2D eigenvalue weighted by Gasteiger charge is -2.29. The first-order valence-electron chi connectivity index (χ1n) is 8.64. The van der Waals surface area contributed by atoms with E-state index in [0.29, 0.717) is 12.1 Å². The van der Waals surface area contributed by atoms with Crippen LogP contribution in [0.1, 0.15) is 17.5 Å². The van der Waals surface area contributed by atoms with Gasteiger partial charge in [-0.2, -0.15) is 0 Å². The van der Waals surface area contributed by atoms with Gasteiger partial charge in [-0.05, 0) is 60.4 Å². The monoisotopic (exact) mass is 369 g/mol. The number of carbonyl (C=O) groups excluding carboxylic acids is 2. The number of methoxy groups -OCH3 is 1. The maximum Gasteiger partial charge on any atom is 0.331 e. The lowest BCUT2D eigenvalue weighted by atomic mass is 10.0. The van der Waals surface area contributed by atoms with E-state index in [-0.39, 0.29) is 18.3 Å². The summed E-state index contributed by atoms with van der Waals surface area (Å²) >= 11 is 0. The van der Waals surface area contributed by atoms with Crippen molar-refractivity contribution >= 4 is 23.6 Å². The molecule has 0 aromatic heterocycles. The normalized spacial score (nSPS) is 13.3. The van der Waals surface area contributed by atoms with Crippen LogP contribution < -0.4 is 9.64 Å². The van der Waals surface area contributed by atoms with E-state index in [1.54, 1.807) is 30.2 Å². The predicted molar refractivity (Wildman–Crippen MR) is 100 cm³/mol. The highest BCUT2D eigenvalue weighted by Gasteiger charge is 2.23. The first-order chi connectivity index (χ1) is 13.1. The van der Waals surface area contributed by atoms with E-state index >= 15 is 0 Å². The van der Waals surface area contributed by atoms with Crippen LogP contribution in [0, 0.1) is 5.82 Å². The van der Waals surface area contributed by atoms with Crippen molar-refractivity contribution in [2.24, 2.45) is 0 Å². The minimum absolute atomic E-state index is 0.284. The summed E-state index contributed by atoms with van der Waals surface area (Å²) in [5, 5.41) is 0. The highest BCUT2D eigenvalue weighted by atomic mass is 19.1. The number of nitrogens with zero attached hydrogens (tertiary/aromatic N) is 1. The van der Waals surface area contributed by atoms with Gasteiger partial charge in [-0.25, -0.2) is 9.18 Å². The second-order valence-corrected chi connectivity index (χ2v) is 6.14. The summed E-state index contributed by atoms with van der Waals surface area (Å²) in [5.41, 5.74) is 2.39. The van der Waals surface area contributed by atoms with Gasteiger partial charge in [0.25, 0.3) is 5.91 Å². The number of hydrogen-bond acceptors (Lipinski definition) is 4. The van der Waals surface area contributed by atoms with E-state index in [4.69, 9.17) is 9.47 Å². The van der Waals surface area contributed by atoms with Crippen molar-refractivity contribution in [3.05, 3.63) is 65.5 Å². The van der Waals surface area contributed by atoms with Crippen molar-refractivity contribution < 1.29 is 23.5 Å². The van der Waals surface area contributed by atoms with E-state index in [1.807, 2.05) is 12.1 Å². The molecule has 1 aliphatic heterocycles. The second-order valence-electron chi connectivity index (χ2n) is 6.14. The number of fused-ring (bicyclic) bond motifs is 1. The number of benzene rings is 2. The number of rotatable bonds is 5. The lowest BCUT2D eigenvalue weighted by Crippen LogP contribution is -2.38. The molecule has 0 saturated carbocycles. The Balaban J connectivity index is 1.59. The zero-order valence-electron chi connectivity index (χ0n) is 15.0. The molecule has 0 aliphatic carbocycles. The summed E-state index contributed by atoms with van der Waals surface area (Å²) in [6.45, 7) is 0.229. The van der Waals surface area contributed by atoms with Crippen LogP contribution >= 0.6 is 0 Å². The molecule has 0 spiro atoms. The summed E-state index contributed by atoms with van der Waals surface area (Å²) in [5.74, 6) is -0.578. The lowest BCUT2D eigenvalue weighted by molar-refractivity contribution is -0.142. The fraction of sp³-hybridized carbons (Fsp3) is 0.238. The van der Waals surface area contributed by atoms with Crippen LogP contribution in [-0.4, -0.2) is 32.1 Å². The topological polar surface area (TPSA) is 55.8 Å². The van der Waals surface area contributed by atoms with Crippen LogP contribution in [0.4, 0.5) is 10.1 Å². The van der Waals surface area contributed by atoms with Crippen LogP contribution in [0.5, 0.6) is 5.75 Å². The van der Waals surface area contributed by atoms with Crippen molar-refractivity contribution in [2.45, 2.75) is 12.8 Å². The summed E-state index contributed by atoms with van der Waals surface area (Å²) in [7, 11) is 1.60. The second kappa shape index (κ2) is 8.49. The number of halogens is 1. The van der Waals surface area contributed by atoms with E-state index in [9.17, 15) is 14.0 Å². The average molecular weight is 369 g/mol. The number of ether oxygens (including phenoxy) is 2. The van der Waals surface area contributed by atoms with Crippen molar-refractivity contribution in [2.75, 3.05) is 25.2 Å². The third kappa shape index (κ3) is 4.73. The van der Waals surface area contributed by atoms with Gasteiger partial charge in [-0.15, -0.1) is 0 Å². The van der Waals surface area contributed by atoms with Gasteiger partial charge in [0.15, 0.2) is 6.61 Å². The van der Waals surface area contributed by atoms with Gasteiger partial charge in [-0.3, -0.25) is 4.79 Å². The zero-order valence-corrected chi connectivity index (χ0v) is 15.0. The summed E-state index contributed by atoms with van der Waals surface area (Å²) in [6, 6.07) is 11.4. The molecule has 2 aromatic rings. The van der Waals surface area contributed by atoms with E-state index in [1.165, 1.54) is 24.3 Å². The molecule has 0 N–H and O–H groups in total. The molecule has 0 bridgehead atoms. The van der Waals surface area contributed by atoms with Crippen molar-refractivity contribution in [1.82, 2.24) is 0 Å². The molecule has 0 fully saturated rings. The van der Waals surface area contributed by atoms with Crippen LogP contribution in [-0.2, 0) is 20.7 Å². The molecule has 0 atom stereocenters. The molecule has 2 aromatic carbocycles. The highest BCUT2D eigenvalue weighted by Crippen LogP contribution is 2.30. The maximum absolute atomic E-state index is 13.1. The Morgan fingerprint density at radius 3 is 2.85 bits per heavy atom. The van der Waals surface area contributed by atoms with E-state index < -0.39 is 5.97 Å². The summed E-state index contributed by atoms with van der Waals surface area (Å²) < 4.78 is 23.4. The molecule has 1 amide bonds. The molecule has 27 heavy (non-hydrogen) atoms. The Labute approximate surface area is 157 Å². The van der Waals surface area contributed by atoms with Gasteiger partial charge in [0.2, 0.25) is 0 Å². The van der Waals surface area contributed by atoms with Crippen molar-refractivity contribution in [1.29, 1.82) is 0 Å². The molecular formula is C21H20FNO4. The Kier molecular flexibility index (Phi) is 5.86. The molecule has 0 radical (unpaired) electrons. The highest BCUT2D eigenvalue weighted by molar-refractivity contribution is 5.97. The molecule has 5 nitrogen and oxygen atoms in total. The molecule has 1 heterocycles. The molecule has 0 saturated heterocycles. The summed E-state index contributed by atoms with van der Waals surface area (Å²) in [4.78, 5) is 25.9. The van der Waals surface area contributed by atoms with Crippen LogP contribution in [0.25, 0.3) is 6.08 Å². The van der Waals surface area contributed by atoms with E-state index in [2.05, 4.69) is 0 Å². The summed E-state index contributed by atoms with van der Waals surface area (Å²) in [6.07, 6.45) is 4.32. The molecule has 1 aliphatic rings. The number of hydrogen-bond donors (Lipinski definition) is 0. The number of anilines is 1. The average Bonchev–Trinajstić information content (AvgIpc) is 2.69. The van der Waals surface area contributed by atoms with Crippen LogP contribution in [0.2, 0.25) is 0 Å². The van der Waals surface area contributed by atoms with Gasteiger partial charge < -0.3 is 14.4 Å². The predicted octanol–water partition coefficient (Wildman–Crippen LogP) is 3.37. The maximum atomic E-state index is 13.1. The molecule has 0 unspecified atom stereocenters. The minimum Gasteiger partial charge on any atom is -0.497 e. The zero-order chi connectivity index (χ0) is 19.2. The fourth-order valence-electron chi connectivity index (χ4n) is 2.99. The molecular weight excluding hydrogens is 349 g/mol. The van der Waals surface area contributed by atoms with Gasteiger partial charge in [0, 0.05) is 18.3 Å². The van der Waals surface area contributed by atoms with Gasteiger partial charge >= 0.3 is 5.97 Å². The minimum atomic E-state index is -0.653. The Morgan fingerprint density at radius 1 is 1.22 bits per heavy atom. The third-order valence-electron chi connectivity index (χ3n) is 4.30. The molecule has 6 heteroatoms. The number of aryl methyl sites for hydroxylation is 1. The van der Waals surface area contributed by atoms with Gasteiger partial charge in [-0.1, -0.05) is 12.1 Å². The number of amides is 1. The number of esters is 1. The molecule has 3 rings (SSSR count). The van der Waals surface area contributed by atoms with Gasteiger partial charge in [0.1, 0.15) is 11.6 Å². The largest absolute Gasteiger partial charge is 0.497 e. The Bertz CT molecular complexity index is 878. The van der Waals surface area contributed by atoms with Crippen molar-refractivity contribution in [3.8, 4) is 5.75 Å². The van der Waals surface area contributed by atoms with Crippen LogP contribution in [0.3, 0.4) is 0 Å². The standard InChI is InChI=1S/C21H20FNO4/c1-26-18-8-9-19-16(13-18)5-3-11-23(19)20(24)14-27-21(25)10-7-15-4-2-6-17(22)12-15/h2,4,6-10,12-13H,3,5,11,14H2,1H3/b10-7+. The third-order valence-corrected chi connectivity index (χ3v) is 4.30. The molecule has 140 valence electrons. The first kappa shape index (κ1) is 18.6. The van der Waals surface area contributed by atoms with Crippen LogP contribution in [0.15, 0.2) is 48.5 Å². The smallest absolute Gasteiger partial charge is 0.331 e. The Hall–Kier alpha value is -3.15. The SMILES string of the molecule is COc1ccc2c(c1)CCCN2C(=O)COC(=O)/C=C/c1cccc(F)c1. The van der Waals surface area contributed by atoms with E-state index in [0.717, 1.165) is 29.8 Å². The van der Waals surface area contributed by atoms with Gasteiger partial charge in [0.05, 0.1) is 7.11 Å².